The van der Waals surface area contributed by atoms with E-state index in [4.69, 9.17) is 4.74 Å². The molecule has 3 heteroatoms. The van der Waals surface area contributed by atoms with Crippen molar-refractivity contribution in [3.63, 3.8) is 0 Å². The smallest absolute Gasteiger partial charge is 0.310 e. The molecule has 0 aromatic heterocycles. The standard InChI is InChI=1S/C12H15FO2/c1-3-9-5-6-11(13)10(7-9)8-12(14)15-4-2/h5-7H,3-4,8H2,1-2H3. The van der Waals surface area contributed by atoms with Crippen molar-refractivity contribution >= 4 is 5.97 Å². The molecule has 82 valence electrons. The molecular formula is C12H15FO2. The summed E-state index contributed by atoms with van der Waals surface area (Å²) in [6, 6.07) is 4.84. The second-order valence-electron chi connectivity index (χ2n) is 3.26. The lowest BCUT2D eigenvalue weighted by molar-refractivity contribution is -0.142. The molecular weight excluding hydrogens is 195 g/mol. The third kappa shape index (κ3) is 3.35. The van der Waals surface area contributed by atoms with E-state index in [1.54, 1.807) is 19.1 Å². The molecule has 1 rings (SSSR count). The van der Waals surface area contributed by atoms with Crippen LogP contribution in [0.2, 0.25) is 0 Å². The Bertz CT molecular complexity index is 347. The van der Waals surface area contributed by atoms with E-state index in [1.807, 2.05) is 6.92 Å². The average Bonchev–Trinajstić information content (AvgIpc) is 2.21. The van der Waals surface area contributed by atoms with Crippen LogP contribution >= 0.6 is 0 Å². The monoisotopic (exact) mass is 210 g/mol. The van der Waals surface area contributed by atoms with Crippen molar-refractivity contribution in [2.75, 3.05) is 6.61 Å². The van der Waals surface area contributed by atoms with E-state index in [0.29, 0.717) is 12.2 Å². The van der Waals surface area contributed by atoms with Gasteiger partial charge in [-0.05, 0) is 30.5 Å². The summed E-state index contributed by atoms with van der Waals surface area (Å²) >= 11 is 0. The molecule has 0 saturated heterocycles. The lowest BCUT2D eigenvalue weighted by atomic mass is 10.1. The van der Waals surface area contributed by atoms with E-state index in [2.05, 4.69) is 0 Å². The highest BCUT2D eigenvalue weighted by atomic mass is 19.1. The number of esters is 1. The highest BCUT2D eigenvalue weighted by Crippen LogP contribution is 2.12. The molecule has 0 amide bonds. The maximum absolute atomic E-state index is 13.3. The van der Waals surface area contributed by atoms with E-state index < -0.39 is 0 Å². The van der Waals surface area contributed by atoms with Gasteiger partial charge in [0.15, 0.2) is 0 Å². The van der Waals surface area contributed by atoms with Crippen LogP contribution < -0.4 is 0 Å². The van der Waals surface area contributed by atoms with Gasteiger partial charge in [-0.15, -0.1) is 0 Å². The predicted molar refractivity (Wildman–Crippen MR) is 56.1 cm³/mol. The number of ether oxygens (including phenoxy) is 1. The zero-order valence-electron chi connectivity index (χ0n) is 9.05. The van der Waals surface area contributed by atoms with Crippen LogP contribution in [0.4, 0.5) is 4.39 Å². The lowest BCUT2D eigenvalue weighted by Crippen LogP contribution is -2.09. The number of carbonyl (C=O) groups is 1. The quantitative estimate of drug-likeness (QED) is 0.714. The Morgan fingerprint density at radius 2 is 2.13 bits per heavy atom. The van der Waals surface area contributed by atoms with Crippen LogP contribution in [0.3, 0.4) is 0 Å². The van der Waals surface area contributed by atoms with Crippen molar-refractivity contribution in [3.8, 4) is 0 Å². The summed E-state index contributed by atoms with van der Waals surface area (Å²) in [6.45, 7) is 4.05. The minimum absolute atomic E-state index is 0.00745. The SMILES string of the molecule is CCOC(=O)Cc1cc(CC)ccc1F. The van der Waals surface area contributed by atoms with Crippen molar-refractivity contribution in [1.29, 1.82) is 0 Å². The molecule has 2 nitrogen and oxygen atoms in total. The summed E-state index contributed by atoms with van der Waals surface area (Å²) in [5.41, 5.74) is 1.43. The van der Waals surface area contributed by atoms with Crippen LogP contribution in [0.5, 0.6) is 0 Å². The van der Waals surface area contributed by atoms with Crippen LogP contribution in [0.1, 0.15) is 25.0 Å². The zero-order chi connectivity index (χ0) is 11.3. The van der Waals surface area contributed by atoms with Crippen LogP contribution in [-0.2, 0) is 22.4 Å². The van der Waals surface area contributed by atoms with E-state index >= 15 is 0 Å². The third-order valence-corrected chi connectivity index (χ3v) is 2.16. The highest BCUT2D eigenvalue weighted by Gasteiger charge is 2.09. The predicted octanol–water partition coefficient (Wildman–Crippen LogP) is 2.49. The molecule has 0 heterocycles. The van der Waals surface area contributed by atoms with Crippen LogP contribution in [-0.4, -0.2) is 12.6 Å². The van der Waals surface area contributed by atoms with Gasteiger partial charge in [0.05, 0.1) is 13.0 Å². The largest absolute Gasteiger partial charge is 0.466 e. The number of halogens is 1. The van der Waals surface area contributed by atoms with Crippen molar-refractivity contribution in [2.45, 2.75) is 26.7 Å². The lowest BCUT2D eigenvalue weighted by Gasteiger charge is -2.05. The molecule has 1 aromatic rings. The van der Waals surface area contributed by atoms with Gasteiger partial charge in [0, 0.05) is 0 Å². The van der Waals surface area contributed by atoms with Crippen LogP contribution in [0, 0.1) is 5.82 Å². The molecule has 0 aliphatic carbocycles. The summed E-state index contributed by atoms with van der Waals surface area (Å²) in [5.74, 6) is -0.732. The normalized spacial score (nSPS) is 10.1. The van der Waals surface area contributed by atoms with Gasteiger partial charge in [-0.25, -0.2) is 4.39 Å². The first-order valence-corrected chi connectivity index (χ1v) is 5.10. The van der Waals surface area contributed by atoms with Crippen molar-refractivity contribution < 1.29 is 13.9 Å². The minimum atomic E-state index is -0.385. The molecule has 15 heavy (non-hydrogen) atoms. The Morgan fingerprint density at radius 1 is 1.40 bits per heavy atom. The van der Waals surface area contributed by atoms with Gasteiger partial charge >= 0.3 is 5.97 Å². The molecule has 0 saturated carbocycles. The molecule has 0 radical (unpaired) electrons. The van der Waals surface area contributed by atoms with Gasteiger partial charge in [0.25, 0.3) is 0 Å². The summed E-state index contributed by atoms with van der Waals surface area (Å²) in [6.07, 6.45) is 0.837. The van der Waals surface area contributed by atoms with Crippen LogP contribution in [0.15, 0.2) is 18.2 Å². The maximum atomic E-state index is 13.3. The molecule has 0 bridgehead atoms. The Hall–Kier alpha value is -1.38. The fourth-order valence-corrected chi connectivity index (χ4v) is 1.35. The minimum Gasteiger partial charge on any atom is -0.466 e. The first-order chi connectivity index (χ1) is 7.17. The molecule has 0 N–H and O–H groups in total. The third-order valence-electron chi connectivity index (χ3n) is 2.16. The maximum Gasteiger partial charge on any atom is 0.310 e. The number of hydrogen-bond donors (Lipinski definition) is 0. The number of hydrogen-bond acceptors (Lipinski definition) is 2. The van der Waals surface area contributed by atoms with Gasteiger partial charge in [-0.3, -0.25) is 4.79 Å². The molecule has 0 atom stereocenters. The van der Waals surface area contributed by atoms with E-state index in [9.17, 15) is 9.18 Å². The Balaban J connectivity index is 2.79. The van der Waals surface area contributed by atoms with E-state index in [-0.39, 0.29) is 18.2 Å². The average molecular weight is 210 g/mol. The Labute approximate surface area is 89.1 Å². The number of carbonyl (C=O) groups excluding carboxylic acids is 1. The molecule has 0 spiro atoms. The van der Waals surface area contributed by atoms with Crippen molar-refractivity contribution in [1.82, 2.24) is 0 Å². The number of benzene rings is 1. The van der Waals surface area contributed by atoms with E-state index in [1.165, 1.54) is 6.07 Å². The summed E-state index contributed by atoms with van der Waals surface area (Å²) in [4.78, 5) is 11.2. The first kappa shape index (κ1) is 11.7. The van der Waals surface area contributed by atoms with Gasteiger partial charge in [-0.2, -0.15) is 0 Å². The fourth-order valence-electron chi connectivity index (χ4n) is 1.35. The summed E-state index contributed by atoms with van der Waals surface area (Å²) in [5, 5.41) is 0. The van der Waals surface area contributed by atoms with Gasteiger partial charge in [0.2, 0.25) is 0 Å². The van der Waals surface area contributed by atoms with E-state index in [0.717, 1.165) is 12.0 Å². The second-order valence-corrected chi connectivity index (χ2v) is 3.26. The molecule has 0 aliphatic heterocycles. The first-order valence-electron chi connectivity index (χ1n) is 5.10. The highest BCUT2D eigenvalue weighted by molar-refractivity contribution is 5.72. The zero-order valence-corrected chi connectivity index (χ0v) is 9.05. The summed E-state index contributed by atoms with van der Waals surface area (Å²) < 4.78 is 18.1. The summed E-state index contributed by atoms with van der Waals surface area (Å²) in [7, 11) is 0. The molecule has 0 fully saturated rings. The fraction of sp³-hybridized carbons (Fsp3) is 0.417. The van der Waals surface area contributed by atoms with Crippen molar-refractivity contribution in [3.05, 3.63) is 35.1 Å². The molecule has 1 aromatic carbocycles. The Morgan fingerprint density at radius 3 is 2.73 bits per heavy atom. The second kappa shape index (κ2) is 5.49. The Kier molecular flexibility index (Phi) is 4.28. The topological polar surface area (TPSA) is 26.3 Å². The van der Waals surface area contributed by atoms with Gasteiger partial charge in [-0.1, -0.05) is 19.1 Å². The number of aryl methyl sites for hydroxylation is 1. The molecule has 0 aliphatic rings. The van der Waals surface area contributed by atoms with Gasteiger partial charge < -0.3 is 4.74 Å². The number of rotatable bonds is 4. The van der Waals surface area contributed by atoms with Gasteiger partial charge in [0.1, 0.15) is 5.82 Å². The van der Waals surface area contributed by atoms with Crippen LogP contribution in [0.25, 0.3) is 0 Å². The van der Waals surface area contributed by atoms with Crippen molar-refractivity contribution in [2.24, 2.45) is 0 Å². The molecule has 0 unspecified atom stereocenters.